The van der Waals surface area contributed by atoms with Crippen LogP contribution in [0.15, 0.2) is 42.5 Å². The molecule has 2 aromatic rings. The predicted molar refractivity (Wildman–Crippen MR) is 121 cm³/mol. The smallest absolute Gasteiger partial charge is 0.407 e. The Morgan fingerprint density at radius 1 is 1.09 bits per heavy atom. The lowest BCUT2D eigenvalue weighted by Crippen LogP contribution is -2.41. The Kier molecular flexibility index (Phi) is 7.25. The van der Waals surface area contributed by atoms with Gasteiger partial charge >= 0.3 is 6.09 Å². The number of para-hydroxylation sites is 1. The monoisotopic (exact) mass is 459 g/mol. The Bertz CT molecular complexity index is 1020. The molecule has 1 heterocycles. The third-order valence-corrected chi connectivity index (χ3v) is 4.73. The largest absolute Gasteiger partial charge is 0.455 e. The highest BCUT2D eigenvalue weighted by atomic mass is 35.5. The van der Waals surface area contributed by atoms with Crippen molar-refractivity contribution in [1.29, 1.82) is 0 Å². The first-order chi connectivity index (χ1) is 15.1. The maximum absolute atomic E-state index is 13.0. The van der Waals surface area contributed by atoms with Gasteiger partial charge in [0.2, 0.25) is 11.8 Å². The number of alkyl carbamates (subject to hydrolysis) is 1. The molecule has 0 saturated carbocycles. The number of ether oxygens (including phenoxy) is 2. The molecular formula is C23H26ClN3O5. The first kappa shape index (κ1) is 23.4. The second-order valence-corrected chi connectivity index (χ2v) is 8.69. The van der Waals surface area contributed by atoms with Crippen molar-refractivity contribution < 1.29 is 23.9 Å². The van der Waals surface area contributed by atoms with Gasteiger partial charge in [0.25, 0.3) is 0 Å². The van der Waals surface area contributed by atoms with Gasteiger partial charge in [-0.15, -0.1) is 0 Å². The van der Waals surface area contributed by atoms with Crippen LogP contribution in [0.1, 0.15) is 32.8 Å². The van der Waals surface area contributed by atoms with Crippen LogP contribution < -0.4 is 20.3 Å². The fourth-order valence-corrected chi connectivity index (χ4v) is 3.23. The number of halogens is 1. The molecule has 0 unspecified atom stereocenters. The molecule has 1 aliphatic heterocycles. The first-order valence-corrected chi connectivity index (χ1v) is 10.6. The van der Waals surface area contributed by atoms with Gasteiger partial charge in [-0.2, -0.15) is 0 Å². The second-order valence-electron chi connectivity index (χ2n) is 8.26. The summed E-state index contributed by atoms with van der Waals surface area (Å²) in [5.74, 6) is 0.471. The Morgan fingerprint density at radius 2 is 1.84 bits per heavy atom. The number of benzene rings is 2. The molecule has 9 heteroatoms. The number of nitrogens with zero attached hydrogens (tertiary/aromatic N) is 1. The van der Waals surface area contributed by atoms with Gasteiger partial charge in [0.1, 0.15) is 11.4 Å². The molecular weight excluding hydrogens is 434 g/mol. The molecule has 0 aliphatic carbocycles. The van der Waals surface area contributed by atoms with Crippen LogP contribution >= 0.6 is 11.6 Å². The van der Waals surface area contributed by atoms with Gasteiger partial charge in [0.15, 0.2) is 5.75 Å². The molecule has 0 atom stereocenters. The number of carbonyl (C=O) groups is 3. The topological polar surface area (TPSA) is 97.0 Å². The normalized spacial score (nSPS) is 12.6. The summed E-state index contributed by atoms with van der Waals surface area (Å²) >= 11 is 6.15. The van der Waals surface area contributed by atoms with E-state index in [4.69, 9.17) is 21.1 Å². The SMILES string of the molecule is CC(C)(C)OC(=O)NCCC(=O)NCC(=O)N1Cc2ccccc2Oc2ccc(Cl)cc21. The number of nitrogens with one attached hydrogen (secondary N) is 2. The van der Waals surface area contributed by atoms with E-state index in [1.807, 2.05) is 24.3 Å². The molecule has 1 aliphatic rings. The predicted octanol–water partition coefficient (Wildman–Crippen LogP) is 4.01. The van der Waals surface area contributed by atoms with Crippen molar-refractivity contribution in [2.45, 2.75) is 39.3 Å². The van der Waals surface area contributed by atoms with Crippen LogP contribution in [0.25, 0.3) is 0 Å². The Hall–Kier alpha value is -3.26. The van der Waals surface area contributed by atoms with E-state index in [9.17, 15) is 14.4 Å². The number of fused-ring (bicyclic) bond motifs is 2. The van der Waals surface area contributed by atoms with E-state index in [1.54, 1.807) is 39.0 Å². The Morgan fingerprint density at radius 3 is 2.59 bits per heavy atom. The van der Waals surface area contributed by atoms with E-state index in [0.29, 0.717) is 22.2 Å². The van der Waals surface area contributed by atoms with E-state index in [1.165, 1.54) is 4.90 Å². The van der Waals surface area contributed by atoms with E-state index in [2.05, 4.69) is 10.6 Å². The fraction of sp³-hybridized carbons (Fsp3) is 0.348. The third-order valence-electron chi connectivity index (χ3n) is 4.49. The van der Waals surface area contributed by atoms with Crippen LogP contribution in [-0.4, -0.2) is 36.6 Å². The number of anilines is 1. The molecule has 32 heavy (non-hydrogen) atoms. The van der Waals surface area contributed by atoms with Gasteiger partial charge in [-0.1, -0.05) is 29.8 Å². The van der Waals surface area contributed by atoms with Gasteiger partial charge in [0, 0.05) is 23.6 Å². The van der Waals surface area contributed by atoms with Gasteiger partial charge in [0.05, 0.1) is 18.8 Å². The molecule has 0 aromatic heterocycles. The summed E-state index contributed by atoms with van der Waals surface area (Å²) in [4.78, 5) is 38.3. The summed E-state index contributed by atoms with van der Waals surface area (Å²) in [7, 11) is 0. The Balaban J connectivity index is 1.60. The lowest BCUT2D eigenvalue weighted by Gasteiger charge is -2.22. The molecule has 0 spiro atoms. The van der Waals surface area contributed by atoms with Crippen LogP contribution in [0.5, 0.6) is 11.5 Å². The number of rotatable bonds is 5. The van der Waals surface area contributed by atoms with Gasteiger partial charge < -0.3 is 25.0 Å². The van der Waals surface area contributed by atoms with Crippen LogP contribution in [0.2, 0.25) is 5.02 Å². The maximum atomic E-state index is 13.0. The molecule has 170 valence electrons. The minimum Gasteiger partial charge on any atom is -0.455 e. The molecule has 8 nitrogen and oxygen atoms in total. The average molecular weight is 460 g/mol. The standard InChI is InChI=1S/C23H26ClN3O5/c1-23(2,3)32-22(30)25-11-10-20(28)26-13-21(29)27-14-15-6-4-5-7-18(15)31-19-9-8-16(24)12-17(19)27/h4-9,12H,10-11,13-14H2,1-3H3,(H,25,30)(H,26,28). The Labute approximate surface area is 191 Å². The van der Waals surface area contributed by atoms with E-state index in [-0.39, 0.29) is 37.9 Å². The quantitative estimate of drug-likeness (QED) is 0.704. The van der Waals surface area contributed by atoms with Crippen molar-refractivity contribution in [2.75, 3.05) is 18.0 Å². The van der Waals surface area contributed by atoms with Gasteiger partial charge in [-0.3, -0.25) is 9.59 Å². The van der Waals surface area contributed by atoms with Crippen molar-refractivity contribution in [3.8, 4) is 11.5 Å². The van der Waals surface area contributed by atoms with Crippen molar-refractivity contribution in [2.24, 2.45) is 0 Å². The third kappa shape index (κ3) is 6.37. The fourth-order valence-electron chi connectivity index (χ4n) is 3.07. The number of amides is 3. The lowest BCUT2D eigenvalue weighted by molar-refractivity contribution is -0.125. The highest BCUT2D eigenvalue weighted by Gasteiger charge is 2.26. The van der Waals surface area contributed by atoms with Crippen LogP contribution in [0, 0.1) is 0 Å². The molecule has 2 N–H and O–H groups in total. The first-order valence-electron chi connectivity index (χ1n) is 10.2. The van der Waals surface area contributed by atoms with Crippen LogP contribution in [0.3, 0.4) is 0 Å². The number of carbonyl (C=O) groups excluding carboxylic acids is 3. The molecule has 0 fully saturated rings. The number of hydrogen-bond acceptors (Lipinski definition) is 5. The molecule has 2 aromatic carbocycles. The van der Waals surface area contributed by atoms with Crippen molar-refractivity contribution in [3.05, 3.63) is 53.1 Å². The van der Waals surface area contributed by atoms with Gasteiger partial charge in [-0.25, -0.2) is 4.79 Å². The summed E-state index contributed by atoms with van der Waals surface area (Å²) in [6, 6.07) is 12.5. The summed E-state index contributed by atoms with van der Waals surface area (Å²) in [6.07, 6.45) is -0.584. The number of hydrogen-bond donors (Lipinski definition) is 2. The zero-order chi connectivity index (χ0) is 23.3. The minimum absolute atomic E-state index is 0.0148. The summed E-state index contributed by atoms with van der Waals surface area (Å²) in [5.41, 5.74) is 0.744. The average Bonchev–Trinajstić information content (AvgIpc) is 2.87. The van der Waals surface area contributed by atoms with E-state index in [0.717, 1.165) is 5.56 Å². The zero-order valence-electron chi connectivity index (χ0n) is 18.2. The molecule has 3 rings (SSSR count). The van der Waals surface area contributed by atoms with Gasteiger partial charge in [-0.05, 0) is 45.0 Å². The van der Waals surface area contributed by atoms with Crippen molar-refractivity contribution in [1.82, 2.24) is 10.6 Å². The molecule has 0 saturated heterocycles. The van der Waals surface area contributed by atoms with E-state index >= 15 is 0 Å². The zero-order valence-corrected chi connectivity index (χ0v) is 19.0. The maximum Gasteiger partial charge on any atom is 0.407 e. The molecule has 3 amide bonds. The highest BCUT2D eigenvalue weighted by Crippen LogP contribution is 2.40. The molecule has 0 bridgehead atoms. The van der Waals surface area contributed by atoms with Crippen LogP contribution in [0.4, 0.5) is 10.5 Å². The van der Waals surface area contributed by atoms with E-state index < -0.39 is 11.7 Å². The summed E-state index contributed by atoms with van der Waals surface area (Å²) < 4.78 is 11.1. The lowest BCUT2D eigenvalue weighted by atomic mass is 10.2. The highest BCUT2D eigenvalue weighted by molar-refractivity contribution is 6.31. The second kappa shape index (κ2) is 9.91. The minimum atomic E-state index is -0.618. The summed E-state index contributed by atoms with van der Waals surface area (Å²) in [5, 5.41) is 5.57. The van der Waals surface area contributed by atoms with Crippen LogP contribution in [-0.2, 0) is 20.9 Å². The van der Waals surface area contributed by atoms with Crippen molar-refractivity contribution >= 4 is 35.2 Å². The van der Waals surface area contributed by atoms with Crippen molar-refractivity contribution in [3.63, 3.8) is 0 Å². The molecule has 0 radical (unpaired) electrons. The summed E-state index contributed by atoms with van der Waals surface area (Å²) in [6.45, 7) is 5.42.